The molecule has 2 heterocycles. The third-order valence-electron chi connectivity index (χ3n) is 3.76. The quantitative estimate of drug-likeness (QED) is 0.788. The Hall–Kier alpha value is -2.30. The molecule has 3 rings (SSSR count). The fourth-order valence-corrected chi connectivity index (χ4v) is 2.64. The number of anilines is 4. The van der Waals surface area contributed by atoms with Crippen LogP contribution in [0.2, 0.25) is 0 Å². The number of rotatable bonds is 4. The molecule has 25 heavy (non-hydrogen) atoms. The first-order chi connectivity index (χ1) is 12.4. The molecular weight excluding hydrogens is 310 g/mol. The van der Waals surface area contributed by atoms with E-state index in [1.54, 1.807) is 0 Å². The van der Waals surface area contributed by atoms with Crippen LogP contribution < -0.4 is 15.5 Å². The van der Waals surface area contributed by atoms with Crippen LogP contribution in [-0.4, -0.2) is 30.1 Å². The van der Waals surface area contributed by atoms with Gasteiger partial charge in [-0.15, -0.1) is 0 Å². The summed E-state index contributed by atoms with van der Waals surface area (Å²) in [6, 6.07) is 10.0. The Kier molecular flexibility index (Phi) is 10.1. The molecule has 0 spiro atoms. The van der Waals surface area contributed by atoms with Crippen molar-refractivity contribution in [2.45, 2.75) is 47.0 Å². The van der Waals surface area contributed by atoms with E-state index in [1.165, 1.54) is 19.3 Å². The lowest BCUT2D eigenvalue weighted by Gasteiger charge is -2.27. The minimum absolute atomic E-state index is 0.640. The first-order valence-electron chi connectivity index (χ1n) is 9.48. The molecule has 2 aromatic rings. The van der Waals surface area contributed by atoms with Gasteiger partial charge in [0, 0.05) is 26.3 Å². The highest BCUT2D eigenvalue weighted by molar-refractivity contribution is 5.72. The van der Waals surface area contributed by atoms with Crippen LogP contribution in [0.5, 0.6) is 0 Å². The van der Waals surface area contributed by atoms with E-state index >= 15 is 0 Å². The van der Waals surface area contributed by atoms with E-state index in [2.05, 4.69) is 25.5 Å². The molecule has 1 saturated heterocycles. The van der Waals surface area contributed by atoms with Gasteiger partial charge in [-0.2, -0.15) is 4.98 Å². The van der Waals surface area contributed by atoms with Crippen LogP contribution in [0, 0.1) is 0 Å². The lowest BCUT2D eigenvalue weighted by atomic mass is 10.1. The molecule has 5 heteroatoms. The van der Waals surface area contributed by atoms with Gasteiger partial charge in [0.25, 0.3) is 0 Å². The second-order valence-corrected chi connectivity index (χ2v) is 5.21. The molecule has 0 aliphatic carbocycles. The summed E-state index contributed by atoms with van der Waals surface area (Å²) in [5.74, 6) is 1.65. The minimum atomic E-state index is 0.640. The number of piperidine rings is 1. The van der Waals surface area contributed by atoms with Gasteiger partial charge in [-0.25, -0.2) is 4.98 Å². The Morgan fingerprint density at radius 1 is 0.880 bits per heavy atom. The Morgan fingerprint density at radius 3 is 2.16 bits per heavy atom. The monoisotopic (exact) mass is 343 g/mol. The van der Waals surface area contributed by atoms with Gasteiger partial charge in [0.2, 0.25) is 5.95 Å². The molecule has 0 radical (unpaired) electrons. The third kappa shape index (κ3) is 6.25. The van der Waals surface area contributed by atoms with E-state index in [4.69, 9.17) is 0 Å². The van der Waals surface area contributed by atoms with Crippen molar-refractivity contribution in [2.75, 3.05) is 35.7 Å². The molecule has 1 aliphatic heterocycles. The summed E-state index contributed by atoms with van der Waals surface area (Å²) in [7, 11) is 1.91. The molecule has 0 bridgehead atoms. The number of hydrogen-bond acceptors (Lipinski definition) is 5. The summed E-state index contributed by atoms with van der Waals surface area (Å²) in [6.07, 6.45) is 5.63. The second kappa shape index (κ2) is 12.1. The molecular formula is C20H33N5. The zero-order valence-corrected chi connectivity index (χ0v) is 16.3. The van der Waals surface area contributed by atoms with Crippen LogP contribution in [0.1, 0.15) is 47.0 Å². The molecule has 0 saturated carbocycles. The normalized spacial score (nSPS) is 12.9. The van der Waals surface area contributed by atoms with Gasteiger partial charge in [0.1, 0.15) is 5.82 Å². The highest BCUT2D eigenvalue weighted by atomic mass is 15.2. The van der Waals surface area contributed by atoms with E-state index in [-0.39, 0.29) is 0 Å². The van der Waals surface area contributed by atoms with Crippen molar-refractivity contribution < 1.29 is 0 Å². The first kappa shape index (κ1) is 20.7. The molecule has 1 aromatic carbocycles. The van der Waals surface area contributed by atoms with E-state index in [0.29, 0.717) is 5.95 Å². The molecule has 1 aromatic heterocycles. The number of benzene rings is 1. The summed E-state index contributed by atoms with van der Waals surface area (Å²) < 4.78 is 0. The van der Waals surface area contributed by atoms with Gasteiger partial charge in [0.05, 0.1) is 11.4 Å². The standard InChI is InChI=1S/C16H21N5.2C2H6/c1-17-13-7-3-4-8-14(13)19-16-18-10-9-15(20-16)21-11-5-2-6-12-21;2*1-2/h3-4,7-10,17H,2,5-6,11-12H2,1H3,(H,18,19,20);2*1-2H3. The minimum Gasteiger partial charge on any atom is -0.386 e. The maximum atomic E-state index is 4.64. The lowest BCUT2D eigenvalue weighted by molar-refractivity contribution is 0.573. The van der Waals surface area contributed by atoms with Crippen molar-refractivity contribution in [3.8, 4) is 0 Å². The van der Waals surface area contributed by atoms with Gasteiger partial charge in [-0.1, -0.05) is 39.8 Å². The van der Waals surface area contributed by atoms with Gasteiger partial charge >= 0.3 is 0 Å². The highest BCUT2D eigenvalue weighted by Gasteiger charge is 2.13. The van der Waals surface area contributed by atoms with Crippen molar-refractivity contribution >= 4 is 23.1 Å². The van der Waals surface area contributed by atoms with E-state index in [1.807, 2.05) is 71.3 Å². The van der Waals surface area contributed by atoms with Crippen molar-refractivity contribution in [1.82, 2.24) is 9.97 Å². The van der Waals surface area contributed by atoms with Crippen molar-refractivity contribution in [3.63, 3.8) is 0 Å². The van der Waals surface area contributed by atoms with E-state index < -0.39 is 0 Å². The predicted octanol–water partition coefficient (Wildman–Crippen LogP) is 5.30. The Labute approximate surface area is 152 Å². The van der Waals surface area contributed by atoms with Crippen LogP contribution in [-0.2, 0) is 0 Å². The average Bonchev–Trinajstić information content (AvgIpc) is 2.72. The smallest absolute Gasteiger partial charge is 0.229 e. The van der Waals surface area contributed by atoms with Crippen LogP contribution in [0.15, 0.2) is 36.5 Å². The molecule has 5 nitrogen and oxygen atoms in total. The number of nitrogens with one attached hydrogen (secondary N) is 2. The lowest BCUT2D eigenvalue weighted by Crippen LogP contribution is -2.30. The zero-order chi connectivity index (χ0) is 18.5. The summed E-state index contributed by atoms with van der Waals surface area (Å²) in [6.45, 7) is 10.2. The fourth-order valence-electron chi connectivity index (χ4n) is 2.64. The Bertz CT molecular complexity index is 594. The Balaban J connectivity index is 0.000000730. The molecule has 2 N–H and O–H groups in total. The molecule has 0 atom stereocenters. The highest BCUT2D eigenvalue weighted by Crippen LogP contribution is 2.24. The van der Waals surface area contributed by atoms with Gasteiger partial charge < -0.3 is 15.5 Å². The fraction of sp³-hybridized carbons (Fsp3) is 0.500. The molecule has 1 fully saturated rings. The van der Waals surface area contributed by atoms with Crippen molar-refractivity contribution in [1.29, 1.82) is 0 Å². The molecule has 0 amide bonds. The van der Waals surface area contributed by atoms with Gasteiger partial charge in [-0.05, 0) is 37.5 Å². The summed E-state index contributed by atoms with van der Waals surface area (Å²) in [5.41, 5.74) is 2.01. The summed E-state index contributed by atoms with van der Waals surface area (Å²) in [5, 5.41) is 6.46. The third-order valence-corrected chi connectivity index (χ3v) is 3.76. The maximum absolute atomic E-state index is 4.64. The van der Waals surface area contributed by atoms with Crippen molar-refractivity contribution in [2.24, 2.45) is 0 Å². The van der Waals surface area contributed by atoms with Gasteiger partial charge in [-0.3, -0.25) is 0 Å². The number of hydrogen-bond donors (Lipinski definition) is 2. The van der Waals surface area contributed by atoms with Crippen LogP contribution >= 0.6 is 0 Å². The van der Waals surface area contributed by atoms with E-state index in [0.717, 1.165) is 30.3 Å². The summed E-state index contributed by atoms with van der Waals surface area (Å²) in [4.78, 5) is 11.3. The SMILES string of the molecule is CC.CC.CNc1ccccc1Nc1nccc(N2CCCCC2)n1. The number of para-hydroxylation sites is 2. The topological polar surface area (TPSA) is 53.1 Å². The first-order valence-corrected chi connectivity index (χ1v) is 9.48. The largest absolute Gasteiger partial charge is 0.386 e. The Morgan fingerprint density at radius 2 is 1.52 bits per heavy atom. The van der Waals surface area contributed by atoms with E-state index in [9.17, 15) is 0 Å². The van der Waals surface area contributed by atoms with Gasteiger partial charge in [0.15, 0.2) is 0 Å². The van der Waals surface area contributed by atoms with Crippen LogP contribution in [0.4, 0.5) is 23.1 Å². The molecule has 1 aliphatic rings. The predicted molar refractivity (Wildman–Crippen MR) is 110 cm³/mol. The zero-order valence-electron chi connectivity index (χ0n) is 16.3. The molecule has 138 valence electrons. The second-order valence-electron chi connectivity index (χ2n) is 5.21. The number of aromatic nitrogens is 2. The van der Waals surface area contributed by atoms with Crippen LogP contribution in [0.25, 0.3) is 0 Å². The molecule has 0 unspecified atom stereocenters. The maximum Gasteiger partial charge on any atom is 0.229 e. The summed E-state index contributed by atoms with van der Waals surface area (Å²) >= 11 is 0. The number of nitrogens with zero attached hydrogens (tertiary/aromatic N) is 3. The van der Waals surface area contributed by atoms with Crippen molar-refractivity contribution in [3.05, 3.63) is 36.5 Å². The van der Waals surface area contributed by atoms with Crippen LogP contribution in [0.3, 0.4) is 0 Å². The average molecular weight is 344 g/mol.